The van der Waals surface area contributed by atoms with Gasteiger partial charge in [-0.15, -0.1) is 4.72 Å². The molecule has 0 radical (unpaired) electrons. The topological polar surface area (TPSA) is 158 Å². The van der Waals surface area contributed by atoms with Crippen molar-refractivity contribution >= 4 is 42.7 Å². The third kappa shape index (κ3) is 9.68. The zero-order valence-electron chi connectivity index (χ0n) is 29.9. The van der Waals surface area contributed by atoms with E-state index in [1.54, 1.807) is 39.0 Å². The first-order valence-electron chi connectivity index (χ1n) is 15.7. The van der Waals surface area contributed by atoms with Crippen LogP contribution in [-0.4, -0.2) is 45.7 Å². The summed E-state index contributed by atoms with van der Waals surface area (Å²) in [6.45, 7) is 19.7. The van der Waals surface area contributed by atoms with Crippen LogP contribution in [0.15, 0.2) is 42.7 Å². The van der Waals surface area contributed by atoms with Gasteiger partial charge in [-0.2, -0.15) is 5.26 Å². The van der Waals surface area contributed by atoms with Crippen LogP contribution in [0.5, 0.6) is 5.75 Å². The first-order valence-corrected chi connectivity index (χ1v) is 20.1. The van der Waals surface area contributed by atoms with E-state index in [9.17, 15) is 19.9 Å². The van der Waals surface area contributed by atoms with Crippen molar-refractivity contribution in [1.29, 1.82) is 5.26 Å². The van der Waals surface area contributed by atoms with E-state index in [0.717, 1.165) is 6.07 Å². The van der Waals surface area contributed by atoms with Gasteiger partial charge in [0.2, 0.25) is 0 Å². The van der Waals surface area contributed by atoms with Crippen LogP contribution < -0.4 is 14.8 Å². The van der Waals surface area contributed by atoms with Crippen molar-refractivity contribution < 1.29 is 23.0 Å². The maximum absolute atomic E-state index is 15.6. The highest BCUT2D eigenvalue weighted by atomic mass is 35.5. The zero-order chi connectivity index (χ0) is 37.1. The molecule has 0 saturated carbocycles. The maximum Gasteiger partial charge on any atom is 0.295 e. The lowest BCUT2D eigenvalue weighted by Gasteiger charge is -2.42. The van der Waals surface area contributed by atoms with Gasteiger partial charge in [0.25, 0.3) is 5.69 Å². The van der Waals surface area contributed by atoms with Crippen molar-refractivity contribution in [2.75, 3.05) is 12.4 Å². The number of nitro benzene ring substituents is 1. The van der Waals surface area contributed by atoms with E-state index in [1.165, 1.54) is 25.6 Å². The first kappa shape index (κ1) is 40.1. The van der Waals surface area contributed by atoms with Crippen LogP contribution in [0.2, 0.25) is 23.2 Å². The Morgan fingerprint density at radius 1 is 1.12 bits per heavy atom. The van der Waals surface area contributed by atoms with Crippen LogP contribution in [0.1, 0.15) is 79.2 Å². The molecule has 1 aromatic heterocycles. The smallest absolute Gasteiger partial charge is 0.295 e. The lowest BCUT2D eigenvalue weighted by atomic mass is 9.97. The molecule has 0 fully saturated rings. The van der Waals surface area contributed by atoms with Gasteiger partial charge in [-0.25, -0.2) is 14.4 Å². The molecule has 15 heteroatoms. The van der Waals surface area contributed by atoms with Crippen LogP contribution in [0, 0.1) is 27.3 Å². The van der Waals surface area contributed by atoms with Gasteiger partial charge in [-0.05, 0) is 71.0 Å². The van der Waals surface area contributed by atoms with E-state index in [0.29, 0.717) is 17.1 Å². The number of nitrogens with one attached hydrogen (secondary N) is 2. The van der Waals surface area contributed by atoms with Gasteiger partial charge < -0.3 is 19.0 Å². The molecule has 1 unspecified atom stereocenters. The second-order valence-corrected chi connectivity index (χ2v) is 21.9. The molecule has 2 N–H and O–H groups in total. The van der Waals surface area contributed by atoms with Crippen molar-refractivity contribution in [1.82, 2.24) is 14.7 Å². The summed E-state index contributed by atoms with van der Waals surface area (Å²) in [5.74, 6) is -0.0835. The number of anilines is 1. The molecule has 2 aromatic carbocycles. The van der Waals surface area contributed by atoms with E-state index < -0.39 is 58.5 Å². The number of hydrogen-bond acceptors (Lipinski definition) is 10. The molecule has 0 bridgehead atoms. The standard InChI is InChI=1S/C34H46ClFN6O5SSi/c1-32(2,3)48(45)41-22(18-37)15-27(30-24(35)13-12-14-29(30)46-9)40-26-16-23(25(36)17-28(26)42(43)44)21-19-38-31(39-20-21)34(7,8)47-49(10,11)33(4,5)6/h12-14,16-17,19-20,22,27,40-41H,15H2,1-11H3/t22-,27-,48?/m1/s1. The number of methoxy groups -OCH3 is 1. The fourth-order valence-corrected chi connectivity index (χ4v) is 7.54. The summed E-state index contributed by atoms with van der Waals surface area (Å²) < 4.78 is 42.8. The Morgan fingerprint density at radius 2 is 1.73 bits per heavy atom. The Balaban J connectivity index is 2.11. The molecule has 0 saturated heterocycles. The summed E-state index contributed by atoms with van der Waals surface area (Å²) >= 11 is 5.04. The van der Waals surface area contributed by atoms with Crippen molar-refractivity contribution in [3.63, 3.8) is 0 Å². The summed E-state index contributed by atoms with van der Waals surface area (Å²) in [6.07, 6.45) is 2.88. The minimum absolute atomic E-state index is 0.0106. The van der Waals surface area contributed by atoms with Crippen molar-refractivity contribution in [3.05, 3.63) is 75.1 Å². The van der Waals surface area contributed by atoms with E-state index in [1.807, 2.05) is 13.8 Å². The maximum atomic E-state index is 15.6. The fourth-order valence-electron chi connectivity index (χ4n) is 4.80. The average molecular weight is 733 g/mol. The second-order valence-electron chi connectivity index (χ2n) is 14.7. The summed E-state index contributed by atoms with van der Waals surface area (Å²) in [5, 5.41) is 25.6. The van der Waals surface area contributed by atoms with E-state index in [2.05, 4.69) is 59.9 Å². The summed E-state index contributed by atoms with van der Waals surface area (Å²) in [4.78, 5) is 20.5. The predicted molar refractivity (Wildman–Crippen MR) is 195 cm³/mol. The second kappa shape index (κ2) is 15.3. The lowest BCUT2D eigenvalue weighted by Crippen LogP contribution is -2.46. The van der Waals surface area contributed by atoms with Gasteiger partial charge in [-0.3, -0.25) is 10.1 Å². The summed E-state index contributed by atoms with van der Waals surface area (Å²) in [6, 6.07) is 7.36. The van der Waals surface area contributed by atoms with E-state index >= 15 is 4.39 Å². The normalized spacial score (nSPS) is 14.5. The fraction of sp³-hybridized carbons (Fsp3) is 0.500. The molecule has 0 spiro atoms. The number of halogens is 2. The molecular formula is C34H46ClFN6O5SSi. The van der Waals surface area contributed by atoms with Crippen LogP contribution in [0.3, 0.4) is 0 Å². The zero-order valence-corrected chi connectivity index (χ0v) is 32.5. The van der Waals surface area contributed by atoms with Crippen molar-refractivity contribution in [2.45, 2.75) is 102 Å². The van der Waals surface area contributed by atoms with Crippen LogP contribution >= 0.6 is 11.6 Å². The highest BCUT2D eigenvalue weighted by molar-refractivity contribution is 7.90. The van der Waals surface area contributed by atoms with Crippen LogP contribution in [-0.2, 0) is 21.4 Å². The monoisotopic (exact) mass is 732 g/mol. The summed E-state index contributed by atoms with van der Waals surface area (Å²) in [7, 11) is -0.748. The first-order chi connectivity index (χ1) is 22.5. The Bertz CT molecular complexity index is 1690. The minimum atomic E-state index is -2.19. The molecule has 3 atom stereocenters. The molecule has 266 valence electrons. The molecular weight excluding hydrogens is 687 g/mol. The quantitative estimate of drug-likeness (QED) is 0.0754. The lowest BCUT2D eigenvalue weighted by molar-refractivity contribution is -0.384. The van der Waals surface area contributed by atoms with Crippen LogP contribution in [0.4, 0.5) is 15.8 Å². The largest absolute Gasteiger partial charge is 0.598 e. The van der Waals surface area contributed by atoms with Crippen molar-refractivity contribution in [2.24, 2.45) is 0 Å². The highest BCUT2D eigenvalue weighted by Crippen LogP contribution is 2.42. The van der Waals surface area contributed by atoms with Gasteiger partial charge in [0.05, 0.1) is 30.2 Å². The molecule has 0 amide bonds. The Labute approximate surface area is 297 Å². The average Bonchev–Trinajstić information content (AvgIpc) is 2.99. The number of ether oxygens (including phenoxy) is 1. The van der Waals surface area contributed by atoms with Gasteiger partial charge >= 0.3 is 0 Å². The minimum Gasteiger partial charge on any atom is -0.598 e. The van der Waals surface area contributed by atoms with Gasteiger partial charge in [0.15, 0.2) is 14.1 Å². The van der Waals surface area contributed by atoms with E-state index in [-0.39, 0.29) is 33.3 Å². The number of aromatic nitrogens is 2. The number of hydrogen-bond donors (Lipinski definition) is 2. The Kier molecular flexibility index (Phi) is 12.5. The van der Waals surface area contributed by atoms with Gasteiger partial charge in [0.1, 0.15) is 33.6 Å². The third-order valence-electron chi connectivity index (χ3n) is 8.44. The van der Waals surface area contributed by atoms with Crippen molar-refractivity contribution in [3.8, 4) is 22.9 Å². The number of rotatable bonds is 13. The molecule has 0 aliphatic heterocycles. The van der Waals surface area contributed by atoms with Gasteiger partial charge in [-0.1, -0.05) is 38.4 Å². The molecule has 49 heavy (non-hydrogen) atoms. The number of nitrogens with zero attached hydrogens (tertiary/aromatic N) is 4. The van der Waals surface area contributed by atoms with Crippen LogP contribution in [0.25, 0.3) is 11.1 Å². The number of benzene rings is 2. The molecule has 3 aromatic rings. The van der Waals surface area contributed by atoms with Gasteiger partial charge in [0, 0.05) is 51.9 Å². The molecule has 0 aliphatic carbocycles. The Hall–Kier alpha value is -3.32. The third-order valence-corrected chi connectivity index (χ3v) is 15.0. The molecule has 3 rings (SSSR count). The molecule has 0 aliphatic rings. The number of nitro groups is 1. The highest BCUT2D eigenvalue weighted by Gasteiger charge is 2.43. The van der Waals surface area contributed by atoms with E-state index in [4.69, 9.17) is 20.8 Å². The molecule has 1 heterocycles. The Morgan fingerprint density at radius 3 is 2.24 bits per heavy atom. The SMILES string of the molecule is COc1cccc(Cl)c1[C@@H](C[C@H](C#N)N[S+]([O-])C(C)(C)C)Nc1cc(-c2cnc(C(C)(C)O[Si](C)(C)C(C)(C)C)nc2)c(F)cc1[N+](=O)[O-]. The summed E-state index contributed by atoms with van der Waals surface area (Å²) in [5.41, 5.74) is -0.716. The number of nitriles is 1. The predicted octanol–water partition coefficient (Wildman–Crippen LogP) is 8.60. The molecule has 11 nitrogen and oxygen atoms in total.